The van der Waals surface area contributed by atoms with Crippen LogP contribution in [0.15, 0.2) is 72.8 Å². The minimum absolute atomic E-state index is 0.0604. The van der Waals surface area contributed by atoms with Gasteiger partial charge in [-0.3, -0.25) is 0 Å². The number of unbranched alkanes of at least 4 members (excludes halogenated alkanes) is 42. The fourth-order valence-electron chi connectivity index (χ4n) is 15.7. The summed E-state index contributed by atoms with van der Waals surface area (Å²) in [6.07, 6.45) is 55.4. The molecule has 0 unspecified atom stereocenters. The van der Waals surface area contributed by atoms with E-state index in [1.54, 1.807) is 0 Å². The molecule has 0 spiro atoms. The molecule has 4 aromatic carbocycles. The number of aryl methyl sites for hydroxylation is 4. The van der Waals surface area contributed by atoms with E-state index in [1.807, 2.05) is 50.2 Å². The van der Waals surface area contributed by atoms with Gasteiger partial charge < -0.3 is 0 Å². The monoisotopic (exact) mass is 1470 g/mol. The predicted molar refractivity (Wildman–Crippen MR) is 452 cm³/mol. The molecule has 0 radical (unpaired) electrons. The summed E-state index contributed by atoms with van der Waals surface area (Å²) in [7, 11) is -11.3. The zero-order valence-corrected chi connectivity index (χ0v) is 71.0. The number of phenolic OH excluding ortho intramolecular Hbond substituents is 2. The van der Waals surface area contributed by atoms with Crippen LogP contribution < -0.4 is 10.6 Å². The molecule has 0 saturated heterocycles. The van der Waals surface area contributed by atoms with E-state index in [2.05, 4.69) is 113 Å². The Labute approximate surface area is 635 Å². The molecule has 0 bridgehead atoms. The van der Waals surface area contributed by atoms with E-state index in [0.717, 1.165) is 134 Å². The number of aromatic hydroxyl groups is 2. The molecular weight excluding hydrogens is 1310 g/mol. The van der Waals surface area contributed by atoms with Crippen molar-refractivity contribution in [3.8, 4) is 11.5 Å². The van der Waals surface area contributed by atoms with E-state index < -0.39 is 37.1 Å². The van der Waals surface area contributed by atoms with Crippen LogP contribution in [-0.2, 0) is 45.6 Å². The normalized spacial score (nSPS) is 13.7. The maximum atomic E-state index is 14.3. The summed E-state index contributed by atoms with van der Waals surface area (Å²) in [6.45, 7) is 27.8. The predicted octanol–water partition coefficient (Wildman–Crippen LogP) is 27.8. The van der Waals surface area contributed by atoms with Gasteiger partial charge in [0.2, 0.25) is 0 Å². The van der Waals surface area contributed by atoms with Crippen molar-refractivity contribution >= 4 is 25.2 Å². The molecule has 0 aliphatic carbocycles. The van der Waals surface area contributed by atoms with Crippen molar-refractivity contribution in [2.75, 3.05) is 12.3 Å². The second-order valence-corrected chi connectivity index (χ2v) is 41.8. The molecule has 0 heterocycles. The van der Waals surface area contributed by atoms with Crippen molar-refractivity contribution in [3.05, 3.63) is 117 Å². The van der Waals surface area contributed by atoms with Gasteiger partial charge in [0.25, 0.3) is 0 Å². The molecule has 0 saturated carbocycles. The third-order valence-corrected chi connectivity index (χ3v) is 29.0. The number of benzene rings is 4. The van der Waals surface area contributed by atoms with Gasteiger partial charge in [-0.25, -0.2) is 0 Å². The Balaban J connectivity index is 1.90. The molecule has 0 atom stereocenters. The van der Waals surface area contributed by atoms with E-state index in [-0.39, 0.29) is 36.7 Å². The molecule has 0 aromatic heterocycles. The van der Waals surface area contributed by atoms with Crippen molar-refractivity contribution in [2.24, 2.45) is 5.41 Å². The van der Waals surface area contributed by atoms with Crippen molar-refractivity contribution in [1.82, 2.24) is 0 Å². The van der Waals surface area contributed by atoms with Crippen LogP contribution in [0.2, 0.25) is 0 Å². The van der Waals surface area contributed by atoms with Gasteiger partial charge in [0.05, 0.1) is 0 Å². The van der Waals surface area contributed by atoms with E-state index in [9.17, 15) is 29.8 Å². The topological polar surface area (TPSA) is 140 Å². The molecule has 4 rings (SSSR count). The van der Waals surface area contributed by atoms with Gasteiger partial charge in [0, 0.05) is 0 Å². The van der Waals surface area contributed by atoms with Gasteiger partial charge in [-0.1, -0.05) is 91.9 Å². The number of hydrogen-bond donors (Lipinski definition) is 6. The van der Waals surface area contributed by atoms with Gasteiger partial charge >= 0.3 is 547 Å². The summed E-state index contributed by atoms with van der Waals surface area (Å²) in [5, 5.41) is 24.0. The quantitative estimate of drug-likeness (QED) is 0.0146. The molecule has 0 fully saturated rings. The second-order valence-electron chi connectivity index (χ2n) is 35.0. The van der Waals surface area contributed by atoms with Gasteiger partial charge in [0.15, 0.2) is 0 Å². The van der Waals surface area contributed by atoms with Crippen LogP contribution in [0, 0.1) is 19.3 Å². The maximum absolute atomic E-state index is 14.3. The first-order valence-corrected chi connectivity index (χ1v) is 47.8. The first kappa shape index (κ1) is 92.5. The van der Waals surface area contributed by atoms with Crippen molar-refractivity contribution in [3.63, 3.8) is 0 Å². The molecule has 4 aromatic rings. The molecule has 592 valence electrons. The van der Waals surface area contributed by atoms with Gasteiger partial charge in [-0.2, -0.15) is 0 Å². The van der Waals surface area contributed by atoms with Crippen LogP contribution >= 0.6 is 14.6 Å². The van der Waals surface area contributed by atoms with E-state index in [0.29, 0.717) is 23.5 Å². The molecule has 8 nitrogen and oxygen atoms in total. The zero-order valence-electron chi connectivity index (χ0n) is 69.2. The van der Waals surface area contributed by atoms with Gasteiger partial charge in [-0.15, -0.1) is 0 Å². The fraction of sp³-hybridized carbons (Fsp3) is 0.742. The third-order valence-electron chi connectivity index (χ3n) is 22.8. The third kappa shape index (κ3) is 35.1. The summed E-state index contributed by atoms with van der Waals surface area (Å²) < 4.78 is 15.3. The molecule has 103 heavy (non-hydrogen) atoms. The Morgan fingerprint density at radius 2 is 0.534 bits per heavy atom. The SMILES string of the molecule is CCCCCCCCCCCCCCCCCCP(O)(O)(OC(OP(O)(O)(CCCCCCCCCCCCCCCCCC)c1ccc(CCCCCCCCC)cc1)C(C)(Cc1cc(C(C)(C)C)c(O)cc1C)Cc1cc(C(C)(C)C)c(O)cc1C)c1ccc(CCCCCCCCC)cc1. The van der Waals surface area contributed by atoms with Crippen molar-refractivity contribution in [1.29, 1.82) is 0 Å². The number of hydrogen-bond acceptors (Lipinski definition) is 8. The van der Waals surface area contributed by atoms with Crippen LogP contribution in [0.5, 0.6) is 11.5 Å². The van der Waals surface area contributed by atoms with Crippen molar-refractivity contribution in [2.45, 2.75) is 428 Å². The molecule has 0 aliphatic heterocycles. The van der Waals surface area contributed by atoms with Crippen molar-refractivity contribution < 1.29 is 38.8 Å². The fourth-order valence-corrected chi connectivity index (χ4v) is 21.2. The Morgan fingerprint density at radius 3 is 0.767 bits per heavy atom. The summed E-state index contributed by atoms with van der Waals surface area (Å²) in [6, 6.07) is 23.6. The van der Waals surface area contributed by atoms with Crippen LogP contribution in [0.4, 0.5) is 0 Å². The summed E-state index contributed by atoms with van der Waals surface area (Å²) in [4.78, 5) is 57.1. The van der Waals surface area contributed by atoms with Crippen LogP contribution in [0.3, 0.4) is 0 Å². The Kier molecular flexibility index (Phi) is 43.6. The molecule has 0 amide bonds. The van der Waals surface area contributed by atoms with Crippen LogP contribution in [0.1, 0.15) is 416 Å². The van der Waals surface area contributed by atoms with Crippen LogP contribution in [0.25, 0.3) is 0 Å². The Morgan fingerprint density at radius 1 is 0.311 bits per heavy atom. The summed E-state index contributed by atoms with van der Waals surface area (Å²) in [5.41, 5.74) is 5.17. The Bertz CT molecular complexity index is 2680. The average Bonchev–Trinajstić information content (AvgIpc) is 0.727. The first-order chi connectivity index (χ1) is 49.1. The Hall–Kier alpha value is -2.90. The van der Waals surface area contributed by atoms with E-state index in [4.69, 9.17) is 9.05 Å². The average molecular weight is 1470 g/mol. The molecular formula is C93H162O8P2. The molecule has 0 aliphatic rings. The van der Waals surface area contributed by atoms with Gasteiger partial charge in [-0.05, 0) is 0 Å². The molecule has 6 N–H and O–H groups in total. The van der Waals surface area contributed by atoms with Gasteiger partial charge in [0.1, 0.15) is 0 Å². The number of phenols is 2. The minimum atomic E-state index is -5.64. The summed E-state index contributed by atoms with van der Waals surface area (Å²) >= 11 is 0. The van der Waals surface area contributed by atoms with Crippen LogP contribution in [-0.4, -0.2) is 48.4 Å². The number of rotatable bonds is 61. The first-order valence-electron chi connectivity index (χ1n) is 43.4. The standard InChI is InChI=1S/C93H162O8P2/c1-14-18-22-26-30-32-34-36-38-40-42-44-46-50-54-58-70-102(96,97,84-66-62-80(63-67-84)60-56-52-48-28-24-20-16-3)100-90(93(13,76-82-74-86(91(7,8)9)88(94)72-78(82)5)77-83-75-87(92(10,11)12)89(95)73-79(83)6)101-103(98,99,85-68-64-81(65-69-85)61-57-53-49-29-25-21-17-4)71-59-55-51-47-45-43-41-39-37-35-33-31-27-23-19-15-2/h62-69,72-75,90,94-99H,14-61,70-71,76-77H2,1-13H3. The molecule has 10 heteroatoms. The zero-order chi connectivity index (χ0) is 75.6. The summed E-state index contributed by atoms with van der Waals surface area (Å²) in [5.74, 6) is 0.414. The van der Waals surface area contributed by atoms with E-state index >= 15 is 0 Å². The second kappa shape index (κ2) is 48.6. The van der Waals surface area contributed by atoms with E-state index in [1.165, 1.54) is 205 Å².